The highest BCUT2D eigenvalue weighted by molar-refractivity contribution is 6.33. The third-order valence-corrected chi connectivity index (χ3v) is 4.56. The maximum atomic E-state index is 6.40. The van der Waals surface area contributed by atoms with Crippen LogP contribution in [-0.2, 0) is 0 Å². The maximum absolute atomic E-state index is 6.40. The number of nitrogens with one attached hydrogen (secondary N) is 1. The molecule has 2 atom stereocenters. The van der Waals surface area contributed by atoms with Crippen molar-refractivity contribution in [2.24, 2.45) is 11.8 Å². The first-order valence-corrected chi connectivity index (χ1v) is 8.06. The molecule has 0 bridgehead atoms. The molecule has 1 aliphatic carbocycles. The largest absolute Gasteiger partial charge is 0.381 e. The molecule has 1 aromatic heterocycles. The Morgan fingerprint density at radius 3 is 2.57 bits per heavy atom. The van der Waals surface area contributed by atoms with E-state index in [9.17, 15) is 0 Å². The lowest BCUT2D eigenvalue weighted by molar-refractivity contribution is 0.281. The molecule has 1 fully saturated rings. The molecule has 3 nitrogen and oxygen atoms in total. The number of rotatable bonds is 3. The normalized spacial score (nSPS) is 25.8. The quantitative estimate of drug-likeness (QED) is 0.885. The number of halogens is 1. The molecular formula is C17H22ClN3. The smallest absolute Gasteiger partial charge is 0.106 e. The lowest BCUT2D eigenvalue weighted by Crippen LogP contribution is -2.30. The Kier molecular flexibility index (Phi) is 4.20. The molecule has 1 saturated carbocycles. The number of aromatic nitrogens is 2. The first kappa shape index (κ1) is 14.5. The zero-order valence-corrected chi connectivity index (χ0v) is 13.3. The number of benzene rings is 1. The molecule has 2 aromatic rings. The summed E-state index contributed by atoms with van der Waals surface area (Å²) in [4.78, 5) is 0. The molecule has 0 radical (unpaired) electrons. The van der Waals surface area contributed by atoms with E-state index in [0.29, 0.717) is 6.04 Å². The van der Waals surface area contributed by atoms with Gasteiger partial charge in [0.2, 0.25) is 0 Å². The first-order valence-electron chi connectivity index (χ1n) is 7.68. The molecule has 1 aliphatic rings. The van der Waals surface area contributed by atoms with Crippen molar-refractivity contribution >= 4 is 17.3 Å². The molecule has 2 unspecified atom stereocenters. The Hall–Kier alpha value is -1.48. The molecule has 4 heteroatoms. The Bertz CT molecular complexity index is 584. The van der Waals surface area contributed by atoms with Crippen LogP contribution < -0.4 is 5.32 Å². The number of nitrogens with zero attached hydrogens (tertiary/aromatic N) is 2. The molecule has 112 valence electrons. The molecule has 3 rings (SSSR count). The van der Waals surface area contributed by atoms with Crippen molar-refractivity contribution in [1.29, 1.82) is 0 Å². The maximum Gasteiger partial charge on any atom is 0.106 e. The summed E-state index contributed by atoms with van der Waals surface area (Å²) >= 11 is 6.40. The third-order valence-electron chi connectivity index (χ3n) is 4.26. The van der Waals surface area contributed by atoms with Gasteiger partial charge < -0.3 is 5.32 Å². The number of anilines is 1. The van der Waals surface area contributed by atoms with Gasteiger partial charge in [-0.1, -0.05) is 31.5 Å². The topological polar surface area (TPSA) is 29.9 Å². The van der Waals surface area contributed by atoms with E-state index in [0.717, 1.165) is 28.2 Å². The molecule has 1 N–H and O–H groups in total. The van der Waals surface area contributed by atoms with E-state index in [1.54, 1.807) is 6.20 Å². The standard InChI is InChI=1S/C17H22ClN3/c1-12-9-13(2)11-14(10-12)20-16-6-3-5-15(18)17(16)21-8-4-7-19-21/h3-8,12-14,20H,9-11H2,1-2H3. The van der Waals surface area contributed by atoms with Gasteiger partial charge in [-0.25, -0.2) is 4.68 Å². The van der Waals surface area contributed by atoms with Crippen LogP contribution >= 0.6 is 11.6 Å². The van der Waals surface area contributed by atoms with E-state index in [1.807, 2.05) is 29.1 Å². The van der Waals surface area contributed by atoms with Crippen LogP contribution in [0.3, 0.4) is 0 Å². The Labute approximate surface area is 131 Å². The fraction of sp³-hybridized carbons (Fsp3) is 0.471. The van der Waals surface area contributed by atoms with Crippen LogP contribution in [0, 0.1) is 11.8 Å². The Morgan fingerprint density at radius 1 is 1.14 bits per heavy atom. The molecule has 21 heavy (non-hydrogen) atoms. The van der Waals surface area contributed by atoms with Gasteiger partial charge >= 0.3 is 0 Å². The summed E-state index contributed by atoms with van der Waals surface area (Å²) in [7, 11) is 0. The Balaban J connectivity index is 1.87. The zero-order valence-electron chi connectivity index (χ0n) is 12.6. The van der Waals surface area contributed by atoms with Crippen molar-refractivity contribution in [3.8, 4) is 5.69 Å². The Morgan fingerprint density at radius 2 is 1.90 bits per heavy atom. The minimum absolute atomic E-state index is 0.511. The van der Waals surface area contributed by atoms with Gasteiger partial charge in [0.05, 0.1) is 10.7 Å². The fourth-order valence-corrected chi connectivity index (χ4v) is 3.81. The van der Waals surface area contributed by atoms with Crippen molar-refractivity contribution in [3.05, 3.63) is 41.7 Å². The van der Waals surface area contributed by atoms with Crippen molar-refractivity contribution in [1.82, 2.24) is 9.78 Å². The van der Waals surface area contributed by atoms with Crippen LogP contribution in [0.1, 0.15) is 33.1 Å². The molecule has 1 heterocycles. The van der Waals surface area contributed by atoms with Crippen molar-refractivity contribution in [3.63, 3.8) is 0 Å². The average molecular weight is 304 g/mol. The molecule has 0 amide bonds. The van der Waals surface area contributed by atoms with Gasteiger partial charge in [0.1, 0.15) is 5.69 Å². The molecule has 0 saturated heterocycles. The minimum atomic E-state index is 0.511. The lowest BCUT2D eigenvalue weighted by atomic mass is 9.80. The van der Waals surface area contributed by atoms with Crippen molar-refractivity contribution < 1.29 is 0 Å². The highest BCUT2D eigenvalue weighted by atomic mass is 35.5. The second kappa shape index (κ2) is 6.10. The summed E-state index contributed by atoms with van der Waals surface area (Å²) in [6.07, 6.45) is 7.47. The third kappa shape index (κ3) is 3.24. The van der Waals surface area contributed by atoms with E-state index >= 15 is 0 Å². The van der Waals surface area contributed by atoms with Crippen LogP contribution in [0.5, 0.6) is 0 Å². The van der Waals surface area contributed by atoms with Gasteiger partial charge in [-0.15, -0.1) is 0 Å². The van der Waals surface area contributed by atoms with Crippen LogP contribution in [0.15, 0.2) is 36.7 Å². The summed E-state index contributed by atoms with van der Waals surface area (Å²) < 4.78 is 1.83. The van der Waals surface area contributed by atoms with Gasteiger partial charge in [0.25, 0.3) is 0 Å². The summed E-state index contributed by atoms with van der Waals surface area (Å²) in [5, 5.41) is 8.74. The monoisotopic (exact) mass is 303 g/mol. The minimum Gasteiger partial charge on any atom is -0.381 e. The highest BCUT2D eigenvalue weighted by Gasteiger charge is 2.24. The van der Waals surface area contributed by atoms with Crippen molar-refractivity contribution in [2.75, 3.05) is 5.32 Å². The van der Waals surface area contributed by atoms with Crippen LogP contribution in [0.2, 0.25) is 5.02 Å². The summed E-state index contributed by atoms with van der Waals surface area (Å²) in [6.45, 7) is 4.69. The molecular weight excluding hydrogens is 282 g/mol. The van der Waals surface area contributed by atoms with Gasteiger partial charge in [-0.3, -0.25) is 0 Å². The second-order valence-corrected chi connectivity index (χ2v) is 6.75. The van der Waals surface area contributed by atoms with Crippen molar-refractivity contribution in [2.45, 2.75) is 39.2 Å². The van der Waals surface area contributed by atoms with E-state index in [2.05, 4.69) is 30.3 Å². The predicted octanol–water partition coefficient (Wildman–Crippen LogP) is 4.76. The van der Waals surface area contributed by atoms with E-state index in [-0.39, 0.29) is 0 Å². The van der Waals surface area contributed by atoms with Gasteiger partial charge in [-0.2, -0.15) is 5.10 Å². The van der Waals surface area contributed by atoms with E-state index in [1.165, 1.54) is 19.3 Å². The summed E-state index contributed by atoms with van der Waals surface area (Å²) in [6, 6.07) is 8.42. The zero-order chi connectivity index (χ0) is 14.8. The summed E-state index contributed by atoms with van der Waals surface area (Å²) in [5.74, 6) is 1.55. The summed E-state index contributed by atoms with van der Waals surface area (Å²) in [5.41, 5.74) is 2.01. The first-order chi connectivity index (χ1) is 10.1. The van der Waals surface area contributed by atoms with Crippen LogP contribution in [0.25, 0.3) is 5.69 Å². The molecule has 1 aromatic carbocycles. The van der Waals surface area contributed by atoms with Crippen LogP contribution in [0.4, 0.5) is 5.69 Å². The van der Waals surface area contributed by atoms with Gasteiger partial charge in [0, 0.05) is 18.4 Å². The SMILES string of the molecule is CC1CC(C)CC(Nc2cccc(Cl)c2-n2cccn2)C1. The molecule has 0 aliphatic heterocycles. The van der Waals surface area contributed by atoms with Gasteiger partial charge in [-0.05, 0) is 49.3 Å². The molecule has 0 spiro atoms. The number of para-hydroxylation sites is 1. The van der Waals surface area contributed by atoms with Gasteiger partial charge in [0.15, 0.2) is 0 Å². The lowest BCUT2D eigenvalue weighted by Gasteiger charge is -2.33. The predicted molar refractivity (Wildman–Crippen MR) is 88.2 cm³/mol. The second-order valence-electron chi connectivity index (χ2n) is 6.35. The van der Waals surface area contributed by atoms with E-state index < -0.39 is 0 Å². The number of hydrogen-bond acceptors (Lipinski definition) is 2. The number of hydrogen-bond donors (Lipinski definition) is 1. The average Bonchev–Trinajstić information content (AvgIpc) is 2.91. The highest BCUT2D eigenvalue weighted by Crippen LogP contribution is 2.33. The fourth-order valence-electron chi connectivity index (χ4n) is 3.55. The van der Waals surface area contributed by atoms with E-state index in [4.69, 9.17) is 11.6 Å². The van der Waals surface area contributed by atoms with Crippen LogP contribution in [-0.4, -0.2) is 15.8 Å².